The Morgan fingerprint density at radius 1 is 1.19 bits per heavy atom. The second-order valence-electron chi connectivity index (χ2n) is 4.78. The number of hydrogen-bond donors (Lipinski definition) is 3. The Bertz CT molecular complexity index is 287. The van der Waals surface area contributed by atoms with Crippen molar-refractivity contribution in [2.24, 2.45) is 0 Å². The molecule has 21 heavy (non-hydrogen) atoms. The van der Waals surface area contributed by atoms with Gasteiger partial charge in [0.2, 0.25) is 5.91 Å². The summed E-state index contributed by atoms with van der Waals surface area (Å²) in [6.45, 7) is 8.83. The molecule has 0 aromatic heterocycles. The number of urea groups is 1. The lowest BCUT2D eigenvalue weighted by Crippen LogP contribution is -2.31. The van der Waals surface area contributed by atoms with Gasteiger partial charge in [0.25, 0.3) is 0 Å². The molecule has 0 spiro atoms. The molecule has 3 amide bonds. The van der Waals surface area contributed by atoms with Crippen molar-refractivity contribution >= 4 is 23.7 Å². The molecule has 2 rings (SSSR count). The first-order valence-electron chi connectivity index (χ1n) is 8.08. The van der Waals surface area contributed by atoms with Gasteiger partial charge in [-0.3, -0.25) is 4.79 Å². The first-order valence-corrected chi connectivity index (χ1v) is 9.24. The number of nitrogens with one attached hydrogen (secondary N) is 3. The second kappa shape index (κ2) is 12.8. The fourth-order valence-corrected chi connectivity index (χ4v) is 3.31. The molecule has 2 fully saturated rings. The van der Waals surface area contributed by atoms with Crippen molar-refractivity contribution in [1.82, 2.24) is 16.0 Å². The molecule has 6 heteroatoms. The van der Waals surface area contributed by atoms with Crippen LogP contribution in [-0.2, 0) is 4.79 Å². The number of thioether (sulfide) groups is 1. The van der Waals surface area contributed by atoms with Crippen LogP contribution >= 0.6 is 11.8 Å². The van der Waals surface area contributed by atoms with E-state index in [4.69, 9.17) is 0 Å². The van der Waals surface area contributed by atoms with E-state index in [-0.39, 0.29) is 11.9 Å². The molecular formula is C15H31N3O2S. The first-order chi connectivity index (χ1) is 10.2. The van der Waals surface area contributed by atoms with Crippen molar-refractivity contribution in [3.63, 3.8) is 0 Å². The Morgan fingerprint density at radius 2 is 1.76 bits per heavy atom. The van der Waals surface area contributed by atoms with Crippen LogP contribution in [0.2, 0.25) is 0 Å². The minimum absolute atomic E-state index is 0.00491. The van der Waals surface area contributed by atoms with Crippen LogP contribution in [0, 0.1) is 0 Å². The second-order valence-corrected chi connectivity index (χ2v) is 5.85. The minimum atomic E-state index is 0.00491. The summed E-state index contributed by atoms with van der Waals surface area (Å²) in [5, 5.41) is 8.46. The lowest BCUT2D eigenvalue weighted by atomic mass is 10.2. The van der Waals surface area contributed by atoms with E-state index in [0.29, 0.717) is 18.5 Å². The molecule has 0 bridgehead atoms. The zero-order valence-corrected chi connectivity index (χ0v) is 14.6. The van der Waals surface area contributed by atoms with E-state index in [1.165, 1.54) is 6.42 Å². The molecule has 0 aromatic rings. The zero-order chi connectivity index (χ0) is 16.1. The summed E-state index contributed by atoms with van der Waals surface area (Å²) in [5.74, 6) is 2.34. The molecule has 0 aromatic carbocycles. The normalized spacial score (nSPS) is 21.8. The molecule has 3 N–H and O–H groups in total. The summed E-state index contributed by atoms with van der Waals surface area (Å²) in [4.78, 5) is 21.4. The van der Waals surface area contributed by atoms with Crippen LogP contribution in [0.5, 0.6) is 0 Å². The quantitative estimate of drug-likeness (QED) is 0.539. The molecule has 5 nitrogen and oxygen atoms in total. The van der Waals surface area contributed by atoms with Crippen LogP contribution in [0.4, 0.5) is 4.79 Å². The van der Waals surface area contributed by atoms with Gasteiger partial charge in [-0.15, -0.1) is 0 Å². The number of rotatable bonds is 5. The molecule has 2 saturated heterocycles. The van der Waals surface area contributed by atoms with Gasteiger partial charge in [-0.25, -0.2) is 4.79 Å². The maximum absolute atomic E-state index is 10.8. The monoisotopic (exact) mass is 317 g/mol. The number of carbonyl (C=O) groups is 2. The SMILES string of the molecule is CC.CCCCCC(=O)NCC.O=C1NC2CSC[C@@H]2N1. The average Bonchev–Trinajstić information content (AvgIpc) is 3.03. The molecule has 1 unspecified atom stereocenters. The van der Waals surface area contributed by atoms with E-state index in [0.717, 1.165) is 30.9 Å². The molecule has 2 atom stereocenters. The van der Waals surface area contributed by atoms with E-state index in [1.54, 1.807) is 0 Å². The third-order valence-electron chi connectivity index (χ3n) is 3.09. The maximum atomic E-state index is 10.8. The van der Waals surface area contributed by atoms with Crippen molar-refractivity contribution in [2.75, 3.05) is 18.1 Å². The highest BCUT2D eigenvalue weighted by molar-refractivity contribution is 7.99. The maximum Gasteiger partial charge on any atom is 0.315 e. The van der Waals surface area contributed by atoms with E-state index in [1.807, 2.05) is 32.5 Å². The first kappa shape index (κ1) is 20.1. The fraction of sp³-hybridized carbons (Fsp3) is 0.867. The highest BCUT2D eigenvalue weighted by Crippen LogP contribution is 2.20. The van der Waals surface area contributed by atoms with Gasteiger partial charge in [-0.1, -0.05) is 33.6 Å². The smallest absolute Gasteiger partial charge is 0.315 e. The third-order valence-corrected chi connectivity index (χ3v) is 4.28. The van der Waals surface area contributed by atoms with Gasteiger partial charge in [0.1, 0.15) is 0 Å². The number of amides is 3. The van der Waals surface area contributed by atoms with Crippen molar-refractivity contribution in [1.29, 1.82) is 0 Å². The Kier molecular flexibility index (Phi) is 12.2. The summed E-state index contributed by atoms with van der Waals surface area (Å²) in [7, 11) is 0. The summed E-state index contributed by atoms with van der Waals surface area (Å²) >= 11 is 1.89. The van der Waals surface area contributed by atoms with Crippen molar-refractivity contribution in [3.05, 3.63) is 0 Å². The van der Waals surface area contributed by atoms with Gasteiger partial charge in [0, 0.05) is 24.5 Å². The average molecular weight is 317 g/mol. The Morgan fingerprint density at radius 3 is 2.24 bits per heavy atom. The van der Waals surface area contributed by atoms with Crippen LogP contribution in [-0.4, -0.2) is 42.1 Å². The molecule has 0 radical (unpaired) electrons. The van der Waals surface area contributed by atoms with E-state index in [2.05, 4.69) is 22.9 Å². The predicted octanol–water partition coefficient (Wildman–Crippen LogP) is 2.51. The third kappa shape index (κ3) is 8.86. The summed E-state index contributed by atoms with van der Waals surface area (Å²) in [5.41, 5.74) is 0. The Balaban J connectivity index is 0.000000341. The van der Waals surface area contributed by atoms with E-state index < -0.39 is 0 Å². The van der Waals surface area contributed by atoms with Gasteiger partial charge in [-0.2, -0.15) is 11.8 Å². The van der Waals surface area contributed by atoms with Crippen molar-refractivity contribution in [3.8, 4) is 0 Å². The molecule has 2 aliphatic rings. The molecule has 2 heterocycles. The van der Waals surface area contributed by atoms with E-state index >= 15 is 0 Å². The van der Waals surface area contributed by atoms with Crippen LogP contribution in [0.25, 0.3) is 0 Å². The van der Waals surface area contributed by atoms with Crippen LogP contribution in [0.3, 0.4) is 0 Å². The standard InChI is InChI=1S/C8H17NO.C5H8N2OS.C2H6/c1-3-5-6-7-8(10)9-4-2;8-5-6-3-1-9-2-4(3)7-5;1-2/h3-7H2,1-2H3,(H,9,10);3-4H,1-2H2,(H2,6,7,8);1-2H3/t;3-,4?;/m.0./s1. The fourth-order valence-electron chi connectivity index (χ4n) is 2.04. The Labute approximate surface area is 133 Å². The molecule has 0 aliphatic carbocycles. The molecule has 2 aliphatic heterocycles. The number of unbranched alkanes of at least 4 members (excludes halogenated alkanes) is 2. The largest absolute Gasteiger partial charge is 0.356 e. The lowest BCUT2D eigenvalue weighted by Gasteiger charge is -2.02. The number of hydrogen-bond acceptors (Lipinski definition) is 3. The van der Waals surface area contributed by atoms with E-state index in [9.17, 15) is 9.59 Å². The van der Waals surface area contributed by atoms with Crippen molar-refractivity contribution < 1.29 is 9.59 Å². The van der Waals surface area contributed by atoms with Crippen LogP contribution in [0.1, 0.15) is 53.4 Å². The van der Waals surface area contributed by atoms with Crippen LogP contribution < -0.4 is 16.0 Å². The zero-order valence-electron chi connectivity index (χ0n) is 13.8. The highest BCUT2D eigenvalue weighted by Gasteiger charge is 2.35. The molecule has 0 saturated carbocycles. The van der Waals surface area contributed by atoms with Gasteiger partial charge < -0.3 is 16.0 Å². The molecule has 124 valence electrons. The van der Waals surface area contributed by atoms with Crippen LogP contribution in [0.15, 0.2) is 0 Å². The van der Waals surface area contributed by atoms with Gasteiger partial charge >= 0.3 is 6.03 Å². The minimum Gasteiger partial charge on any atom is -0.356 e. The number of carbonyl (C=O) groups excluding carboxylic acids is 2. The lowest BCUT2D eigenvalue weighted by molar-refractivity contribution is -0.121. The summed E-state index contributed by atoms with van der Waals surface area (Å²) in [6, 6.07) is 0.815. The predicted molar refractivity (Wildman–Crippen MR) is 90.7 cm³/mol. The molecular weight excluding hydrogens is 286 g/mol. The van der Waals surface area contributed by atoms with Gasteiger partial charge in [-0.05, 0) is 13.3 Å². The van der Waals surface area contributed by atoms with Crippen molar-refractivity contribution in [2.45, 2.75) is 65.5 Å². The summed E-state index contributed by atoms with van der Waals surface area (Å²) in [6.07, 6.45) is 4.07. The Hall–Kier alpha value is -0.910. The van der Waals surface area contributed by atoms with Gasteiger partial charge in [0.05, 0.1) is 12.1 Å². The number of fused-ring (bicyclic) bond motifs is 1. The summed E-state index contributed by atoms with van der Waals surface area (Å²) < 4.78 is 0. The topological polar surface area (TPSA) is 70.2 Å². The highest BCUT2D eigenvalue weighted by atomic mass is 32.2. The van der Waals surface area contributed by atoms with Gasteiger partial charge in [0.15, 0.2) is 0 Å².